The SMILES string of the molecule is c1ccc(CC23CCC(CC2)CN3)cc1. The van der Waals surface area contributed by atoms with Crippen molar-refractivity contribution >= 4 is 0 Å². The van der Waals surface area contributed by atoms with Gasteiger partial charge in [0.15, 0.2) is 0 Å². The summed E-state index contributed by atoms with van der Waals surface area (Å²) in [5.41, 5.74) is 1.93. The Hall–Kier alpha value is -0.820. The van der Waals surface area contributed by atoms with Crippen LogP contribution in [0.4, 0.5) is 0 Å². The molecule has 1 N–H and O–H groups in total. The predicted molar refractivity (Wildman–Crippen MR) is 62.8 cm³/mol. The molecule has 2 bridgehead atoms. The van der Waals surface area contributed by atoms with Crippen LogP contribution in [0.15, 0.2) is 30.3 Å². The minimum absolute atomic E-state index is 0.441. The van der Waals surface area contributed by atoms with Crippen LogP contribution < -0.4 is 5.32 Å². The third-order valence-corrected chi connectivity index (χ3v) is 4.21. The number of nitrogens with one attached hydrogen (secondary N) is 1. The van der Waals surface area contributed by atoms with Gasteiger partial charge in [-0.1, -0.05) is 30.3 Å². The van der Waals surface area contributed by atoms with Crippen LogP contribution in [0, 0.1) is 5.92 Å². The third-order valence-electron chi connectivity index (χ3n) is 4.21. The smallest absolute Gasteiger partial charge is 0.0222 e. The minimum Gasteiger partial charge on any atom is -0.311 e. The topological polar surface area (TPSA) is 12.0 Å². The average molecular weight is 201 g/mol. The molecule has 0 amide bonds. The fourth-order valence-corrected chi connectivity index (χ4v) is 3.20. The van der Waals surface area contributed by atoms with E-state index in [4.69, 9.17) is 0 Å². The molecule has 1 aromatic carbocycles. The Morgan fingerprint density at radius 3 is 2.47 bits per heavy atom. The first kappa shape index (κ1) is 9.41. The highest BCUT2D eigenvalue weighted by molar-refractivity contribution is 5.19. The second-order valence-corrected chi connectivity index (χ2v) is 5.27. The number of rotatable bonds is 2. The van der Waals surface area contributed by atoms with Crippen LogP contribution >= 0.6 is 0 Å². The molecule has 1 aromatic rings. The number of fused-ring (bicyclic) bond motifs is 3. The van der Waals surface area contributed by atoms with E-state index in [2.05, 4.69) is 35.6 Å². The van der Waals surface area contributed by atoms with Crippen LogP contribution in [0.25, 0.3) is 0 Å². The lowest BCUT2D eigenvalue weighted by atomic mass is 9.69. The van der Waals surface area contributed by atoms with Gasteiger partial charge in [0.05, 0.1) is 0 Å². The van der Waals surface area contributed by atoms with E-state index in [1.807, 2.05) is 0 Å². The zero-order valence-electron chi connectivity index (χ0n) is 9.21. The molecule has 2 saturated heterocycles. The van der Waals surface area contributed by atoms with E-state index in [9.17, 15) is 0 Å². The fourth-order valence-electron chi connectivity index (χ4n) is 3.20. The summed E-state index contributed by atoms with van der Waals surface area (Å²) in [6.07, 6.45) is 6.87. The Balaban J connectivity index is 1.76. The summed E-state index contributed by atoms with van der Waals surface area (Å²) >= 11 is 0. The van der Waals surface area contributed by atoms with Crippen molar-refractivity contribution in [2.45, 2.75) is 37.6 Å². The lowest BCUT2D eigenvalue weighted by molar-refractivity contribution is 0.118. The second kappa shape index (κ2) is 3.64. The number of piperidine rings is 2. The largest absolute Gasteiger partial charge is 0.311 e. The van der Waals surface area contributed by atoms with Crippen molar-refractivity contribution in [2.24, 2.45) is 5.92 Å². The molecule has 0 unspecified atom stereocenters. The monoisotopic (exact) mass is 201 g/mol. The highest BCUT2D eigenvalue weighted by Crippen LogP contribution is 2.38. The summed E-state index contributed by atoms with van der Waals surface area (Å²) in [6, 6.07) is 10.9. The van der Waals surface area contributed by atoms with Crippen molar-refractivity contribution in [3.05, 3.63) is 35.9 Å². The molecule has 0 aromatic heterocycles. The maximum absolute atomic E-state index is 3.78. The molecule has 0 atom stereocenters. The predicted octanol–water partition coefficient (Wildman–Crippen LogP) is 2.76. The maximum atomic E-state index is 3.78. The van der Waals surface area contributed by atoms with Crippen LogP contribution in [0.5, 0.6) is 0 Å². The summed E-state index contributed by atoms with van der Waals surface area (Å²) in [5.74, 6) is 0.975. The number of hydrogen-bond donors (Lipinski definition) is 1. The van der Waals surface area contributed by atoms with E-state index >= 15 is 0 Å². The summed E-state index contributed by atoms with van der Waals surface area (Å²) in [4.78, 5) is 0. The normalized spacial score (nSPS) is 34.3. The Morgan fingerprint density at radius 1 is 1.13 bits per heavy atom. The van der Waals surface area contributed by atoms with Crippen LogP contribution in [0.3, 0.4) is 0 Å². The first-order valence-corrected chi connectivity index (χ1v) is 6.15. The molecule has 3 fully saturated rings. The van der Waals surface area contributed by atoms with Gasteiger partial charge in [0.2, 0.25) is 0 Å². The van der Waals surface area contributed by atoms with Gasteiger partial charge in [-0.25, -0.2) is 0 Å². The molecule has 3 aliphatic rings. The van der Waals surface area contributed by atoms with Crippen LogP contribution in [-0.2, 0) is 6.42 Å². The van der Waals surface area contributed by atoms with Crippen molar-refractivity contribution in [1.29, 1.82) is 0 Å². The minimum atomic E-state index is 0.441. The quantitative estimate of drug-likeness (QED) is 0.776. The first-order chi connectivity index (χ1) is 7.36. The van der Waals surface area contributed by atoms with E-state index < -0.39 is 0 Å². The van der Waals surface area contributed by atoms with Crippen molar-refractivity contribution in [3.63, 3.8) is 0 Å². The molecule has 4 rings (SSSR count). The Labute approximate surface area is 91.9 Å². The summed E-state index contributed by atoms with van der Waals surface area (Å²) < 4.78 is 0. The lowest BCUT2D eigenvalue weighted by Gasteiger charge is -2.47. The summed E-state index contributed by atoms with van der Waals surface area (Å²) in [6.45, 7) is 1.26. The first-order valence-electron chi connectivity index (χ1n) is 6.15. The second-order valence-electron chi connectivity index (χ2n) is 5.27. The molecule has 2 aliphatic heterocycles. The third kappa shape index (κ3) is 1.81. The molecule has 0 radical (unpaired) electrons. The van der Waals surface area contributed by atoms with Gasteiger partial charge in [-0.05, 0) is 50.1 Å². The van der Waals surface area contributed by atoms with Crippen LogP contribution in [-0.4, -0.2) is 12.1 Å². The van der Waals surface area contributed by atoms with Gasteiger partial charge in [0, 0.05) is 5.54 Å². The Kier molecular flexibility index (Phi) is 2.28. The summed E-state index contributed by atoms with van der Waals surface area (Å²) in [7, 11) is 0. The number of benzene rings is 1. The van der Waals surface area contributed by atoms with Gasteiger partial charge in [-0.2, -0.15) is 0 Å². The van der Waals surface area contributed by atoms with Gasteiger partial charge in [-0.3, -0.25) is 0 Å². The van der Waals surface area contributed by atoms with E-state index in [-0.39, 0.29) is 0 Å². The summed E-state index contributed by atoms with van der Waals surface area (Å²) in [5, 5.41) is 3.78. The van der Waals surface area contributed by atoms with E-state index in [1.54, 1.807) is 0 Å². The Morgan fingerprint density at radius 2 is 1.87 bits per heavy atom. The molecule has 15 heavy (non-hydrogen) atoms. The maximum Gasteiger partial charge on any atom is 0.0222 e. The molecular weight excluding hydrogens is 182 g/mol. The van der Waals surface area contributed by atoms with Gasteiger partial charge in [0.1, 0.15) is 0 Å². The standard InChI is InChI=1S/C14H19N/c1-2-4-12(5-3-1)10-14-8-6-13(7-9-14)11-15-14/h1-5,13,15H,6-11H2. The average Bonchev–Trinajstić information content (AvgIpc) is 2.32. The molecule has 0 spiro atoms. The Bertz CT molecular complexity index is 309. The van der Waals surface area contributed by atoms with Crippen LogP contribution in [0.1, 0.15) is 31.2 Å². The van der Waals surface area contributed by atoms with Crippen LogP contribution in [0.2, 0.25) is 0 Å². The van der Waals surface area contributed by atoms with E-state index in [0.717, 1.165) is 5.92 Å². The zero-order valence-corrected chi connectivity index (χ0v) is 9.21. The van der Waals surface area contributed by atoms with Gasteiger partial charge in [0.25, 0.3) is 0 Å². The fraction of sp³-hybridized carbons (Fsp3) is 0.571. The van der Waals surface area contributed by atoms with E-state index in [0.29, 0.717) is 5.54 Å². The highest BCUT2D eigenvalue weighted by Gasteiger charge is 2.39. The molecule has 1 nitrogen and oxygen atoms in total. The number of hydrogen-bond acceptors (Lipinski definition) is 1. The molecule has 1 saturated carbocycles. The van der Waals surface area contributed by atoms with Crippen molar-refractivity contribution < 1.29 is 0 Å². The highest BCUT2D eigenvalue weighted by atomic mass is 15.0. The van der Waals surface area contributed by atoms with Crippen molar-refractivity contribution in [2.75, 3.05) is 6.54 Å². The molecule has 80 valence electrons. The van der Waals surface area contributed by atoms with Gasteiger partial charge in [-0.15, -0.1) is 0 Å². The van der Waals surface area contributed by atoms with Gasteiger partial charge >= 0.3 is 0 Å². The molecule has 1 aliphatic carbocycles. The lowest BCUT2D eigenvalue weighted by Crippen LogP contribution is -2.56. The van der Waals surface area contributed by atoms with Crippen molar-refractivity contribution in [1.82, 2.24) is 5.32 Å². The molecular formula is C14H19N. The van der Waals surface area contributed by atoms with Crippen molar-refractivity contribution in [3.8, 4) is 0 Å². The molecule has 2 heterocycles. The van der Waals surface area contributed by atoms with Gasteiger partial charge < -0.3 is 5.32 Å². The van der Waals surface area contributed by atoms with E-state index in [1.165, 1.54) is 44.2 Å². The zero-order chi connectivity index (χ0) is 10.1. The molecule has 1 heteroatoms.